The van der Waals surface area contributed by atoms with E-state index in [2.05, 4.69) is 5.32 Å². The minimum Gasteiger partial charge on any atom is -0.481 e. The smallest absolute Gasteiger partial charge is 0.305 e. The van der Waals surface area contributed by atoms with Gasteiger partial charge in [-0.3, -0.25) is 9.59 Å². The standard InChI is InChI=1S/C12H21NO3/c14-11(13-9-8-12(15)16)7-3-6-10-4-1-2-5-10/h10H,1-9H2,(H,13,14)(H,15,16). The van der Waals surface area contributed by atoms with Crippen molar-refractivity contribution >= 4 is 11.9 Å². The Balaban J connectivity index is 1.95. The molecule has 0 saturated heterocycles. The summed E-state index contributed by atoms with van der Waals surface area (Å²) in [5, 5.41) is 11.0. The van der Waals surface area contributed by atoms with Crippen LogP contribution < -0.4 is 5.32 Å². The van der Waals surface area contributed by atoms with Crippen molar-refractivity contribution in [1.29, 1.82) is 0 Å². The lowest BCUT2D eigenvalue weighted by molar-refractivity contribution is -0.136. The van der Waals surface area contributed by atoms with E-state index in [1.807, 2.05) is 0 Å². The second-order valence-electron chi connectivity index (χ2n) is 4.54. The highest BCUT2D eigenvalue weighted by atomic mass is 16.4. The van der Waals surface area contributed by atoms with Crippen LogP contribution in [0.3, 0.4) is 0 Å². The van der Waals surface area contributed by atoms with Crippen LogP contribution in [0.15, 0.2) is 0 Å². The van der Waals surface area contributed by atoms with E-state index in [4.69, 9.17) is 5.11 Å². The van der Waals surface area contributed by atoms with Crippen LogP contribution in [0.4, 0.5) is 0 Å². The van der Waals surface area contributed by atoms with E-state index >= 15 is 0 Å². The number of carbonyl (C=O) groups is 2. The zero-order valence-electron chi connectivity index (χ0n) is 9.71. The molecule has 1 aliphatic carbocycles. The maximum absolute atomic E-state index is 11.3. The molecule has 0 aromatic rings. The second-order valence-corrected chi connectivity index (χ2v) is 4.54. The summed E-state index contributed by atoms with van der Waals surface area (Å²) in [7, 11) is 0. The van der Waals surface area contributed by atoms with Gasteiger partial charge in [0.25, 0.3) is 0 Å². The largest absolute Gasteiger partial charge is 0.481 e. The van der Waals surface area contributed by atoms with E-state index in [0.29, 0.717) is 6.42 Å². The minimum absolute atomic E-state index is 0.00830. The van der Waals surface area contributed by atoms with Gasteiger partial charge < -0.3 is 10.4 Å². The van der Waals surface area contributed by atoms with Crippen LogP contribution in [0, 0.1) is 5.92 Å². The van der Waals surface area contributed by atoms with Gasteiger partial charge in [-0.05, 0) is 18.8 Å². The number of aliphatic carboxylic acids is 1. The second kappa shape index (κ2) is 7.25. The molecule has 0 spiro atoms. The van der Waals surface area contributed by atoms with E-state index in [1.165, 1.54) is 25.7 Å². The number of nitrogens with one attached hydrogen (secondary N) is 1. The molecule has 92 valence electrons. The lowest BCUT2D eigenvalue weighted by atomic mass is 10.0. The summed E-state index contributed by atoms with van der Waals surface area (Å²) in [6.07, 6.45) is 7.95. The van der Waals surface area contributed by atoms with Gasteiger partial charge in [0.15, 0.2) is 0 Å². The summed E-state index contributed by atoms with van der Waals surface area (Å²) in [6.45, 7) is 0.248. The van der Waals surface area contributed by atoms with Gasteiger partial charge in [0.05, 0.1) is 6.42 Å². The quantitative estimate of drug-likeness (QED) is 0.698. The summed E-state index contributed by atoms with van der Waals surface area (Å²) in [5.74, 6) is -0.0580. The predicted molar refractivity (Wildman–Crippen MR) is 61.1 cm³/mol. The van der Waals surface area contributed by atoms with E-state index in [-0.39, 0.29) is 18.9 Å². The topological polar surface area (TPSA) is 66.4 Å². The summed E-state index contributed by atoms with van der Waals surface area (Å²) in [5.41, 5.74) is 0. The molecule has 0 unspecified atom stereocenters. The van der Waals surface area contributed by atoms with Crippen molar-refractivity contribution in [3.63, 3.8) is 0 Å². The molecule has 1 saturated carbocycles. The third-order valence-electron chi connectivity index (χ3n) is 3.15. The van der Waals surface area contributed by atoms with E-state index in [1.54, 1.807) is 0 Å². The molecule has 0 atom stereocenters. The van der Waals surface area contributed by atoms with Gasteiger partial charge in [0.2, 0.25) is 5.91 Å². The third kappa shape index (κ3) is 5.73. The molecule has 4 heteroatoms. The molecule has 0 radical (unpaired) electrons. The molecule has 2 N–H and O–H groups in total. The van der Waals surface area contributed by atoms with Crippen LogP contribution in [-0.2, 0) is 9.59 Å². The molecule has 1 amide bonds. The number of carboxylic acids is 1. The fourth-order valence-corrected chi connectivity index (χ4v) is 2.25. The highest BCUT2D eigenvalue weighted by Crippen LogP contribution is 2.28. The SMILES string of the molecule is O=C(O)CCNC(=O)CCCC1CCCC1. The third-order valence-corrected chi connectivity index (χ3v) is 3.15. The van der Waals surface area contributed by atoms with Crippen molar-refractivity contribution in [3.05, 3.63) is 0 Å². The monoisotopic (exact) mass is 227 g/mol. The molecule has 0 aromatic heterocycles. The van der Waals surface area contributed by atoms with Crippen LogP contribution in [-0.4, -0.2) is 23.5 Å². The van der Waals surface area contributed by atoms with Crippen LogP contribution in [0.1, 0.15) is 51.4 Å². The van der Waals surface area contributed by atoms with Gasteiger partial charge in [0.1, 0.15) is 0 Å². The van der Waals surface area contributed by atoms with E-state index in [9.17, 15) is 9.59 Å². The number of carbonyl (C=O) groups excluding carboxylic acids is 1. The molecular weight excluding hydrogens is 206 g/mol. The highest BCUT2D eigenvalue weighted by Gasteiger charge is 2.14. The molecule has 1 aliphatic rings. The van der Waals surface area contributed by atoms with Crippen molar-refractivity contribution < 1.29 is 14.7 Å². The Bertz CT molecular complexity index is 234. The lowest BCUT2D eigenvalue weighted by Crippen LogP contribution is -2.25. The van der Waals surface area contributed by atoms with Crippen LogP contribution >= 0.6 is 0 Å². The molecule has 1 rings (SSSR count). The van der Waals surface area contributed by atoms with E-state index < -0.39 is 5.97 Å². The number of hydrogen-bond donors (Lipinski definition) is 2. The molecule has 1 fully saturated rings. The van der Waals surface area contributed by atoms with Gasteiger partial charge in [-0.2, -0.15) is 0 Å². The zero-order chi connectivity index (χ0) is 11.8. The van der Waals surface area contributed by atoms with Gasteiger partial charge >= 0.3 is 5.97 Å². The minimum atomic E-state index is -0.869. The van der Waals surface area contributed by atoms with Crippen molar-refractivity contribution in [2.75, 3.05) is 6.54 Å². The van der Waals surface area contributed by atoms with Gasteiger partial charge in [-0.1, -0.05) is 25.7 Å². The first-order valence-corrected chi connectivity index (χ1v) is 6.17. The number of carboxylic acid groups (broad SMARTS) is 1. The molecule has 0 aromatic carbocycles. The fourth-order valence-electron chi connectivity index (χ4n) is 2.25. The molecule has 0 aliphatic heterocycles. The Morgan fingerprint density at radius 1 is 1.19 bits per heavy atom. The zero-order valence-corrected chi connectivity index (χ0v) is 9.71. The maximum atomic E-state index is 11.3. The Morgan fingerprint density at radius 3 is 2.50 bits per heavy atom. The average molecular weight is 227 g/mol. The van der Waals surface area contributed by atoms with Crippen molar-refractivity contribution in [2.45, 2.75) is 51.4 Å². The summed E-state index contributed by atoms with van der Waals surface area (Å²) < 4.78 is 0. The Kier molecular flexibility index (Phi) is 5.90. The Hall–Kier alpha value is -1.06. The normalized spacial score (nSPS) is 16.2. The lowest BCUT2D eigenvalue weighted by Gasteiger charge is -2.08. The molecule has 4 nitrogen and oxygen atoms in total. The Morgan fingerprint density at radius 2 is 1.88 bits per heavy atom. The fraction of sp³-hybridized carbons (Fsp3) is 0.833. The van der Waals surface area contributed by atoms with Gasteiger partial charge in [0, 0.05) is 13.0 Å². The molecule has 16 heavy (non-hydrogen) atoms. The number of hydrogen-bond acceptors (Lipinski definition) is 2. The number of rotatable bonds is 7. The van der Waals surface area contributed by atoms with Gasteiger partial charge in [-0.25, -0.2) is 0 Å². The predicted octanol–water partition coefficient (Wildman–Crippen LogP) is 1.94. The molecular formula is C12H21NO3. The summed E-state index contributed by atoms with van der Waals surface area (Å²) in [4.78, 5) is 21.5. The average Bonchev–Trinajstić information content (AvgIpc) is 2.70. The van der Waals surface area contributed by atoms with Crippen LogP contribution in [0.25, 0.3) is 0 Å². The maximum Gasteiger partial charge on any atom is 0.305 e. The summed E-state index contributed by atoms with van der Waals surface area (Å²) in [6, 6.07) is 0. The first kappa shape index (κ1) is 13.0. The van der Waals surface area contributed by atoms with Crippen LogP contribution in [0.5, 0.6) is 0 Å². The van der Waals surface area contributed by atoms with Gasteiger partial charge in [-0.15, -0.1) is 0 Å². The van der Waals surface area contributed by atoms with Crippen molar-refractivity contribution in [3.8, 4) is 0 Å². The number of amides is 1. The first-order chi connectivity index (χ1) is 7.68. The summed E-state index contributed by atoms with van der Waals surface area (Å²) >= 11 is 0. The van der Waals surface area contributed by atoms with Crippen LogP contribution in [0.2, 0.25) is 0 Å². The Labute approximate surface area is 96.4 Å². The molecule has 0 heterocycles. The molecule has 0 bridgehead atoms. The van der Waals surface area contributed by atoms with Crippen molar-refractivity contribution in [2.24, 2.45) is 5.92 Å². The highest BCUT2D eigenvalue weighted by molar-refractivity contribution is 5.76. The van der Waals surface area contributed by atoms with E-state index in [0.717, 1.165) is 18.8 Å². The van der Waals surface area contributed by atoms with Crippen molar-refractivity contribution in [1.82, 2.24) is 5.32 Å². The first-order valence-electron chi connectivity index (χ1n) is 6.17.